The number of hydrogen-bond donors (Lipinski definition) is 2. The molecule has 0 aromatic heterocycles. The van der Waals surface area contributed by atoms with Crippen molar-refractivity contribution in [3.05, 3.63) is 0 Å². The van der Waals surface area contributed by atoms with Crippen molar-refractivity contribution in [1.82, 2.24) is 15.1 Å². The van der Waals surface area contributed by atoms with E-state index in [4.69, 9.17) is 5.73 Å². The second-order valence-corrected chi connectivity index (χ2v) is 7.02. The van der Waals surface area contributed by atoms with Crippen molar-refractivity contribution in [3.63, 3.8) is 0 Å². The predicted molar refractivity (Wildman–Crippen MR) is 81.5 cm³/mol. The Hall–Kier alpha value is -0.650. The lowest BCUT2D eigenvalue weighted by molar-refractivity contribution is -0.125. The summed E-state index contributed by atoms with van der Waals surface area (Å²) in [5.74, 6) is 0.176. The summed E-state index contributed by atoms with van der Waals surface area (Å²) in [5.41, 5.74) is 6.01. The maximum atomic E-state index is 12.2. The van der Waals surface area contributed by atoms with Crippen LogP contribution in [0.4, 0.5) is 0 Å². The molecule has 1 aliphatic heterocycles. The molecule has 3 N–H and O–H groups in total. The van der Waals surface area contributed by atoms with E-state index in [9.17, 15) is 4.79 Å². The summed E-state index contributed by atoms with van der Waals surface area (Å²) < 4.78 is 0. The Morgan fingerprint density at radius 3 is 2.45 bits per heavy atom. The minimum absolute atomic E-state index is 0.0135. The normalized spacial score (nSPS) is 29.6. The Bertz CT molecular complexity index is 337. The molecule has 1 heterocycles. The number of rotatable bonds is 4. The van der Waals surface area contributed by atoms with Crippen molar-refractivity contribution in [2.75, 3.05) is 39.8 Å². The highest BCUT2D eigenvalue weighted by molar-refractivity contribution is 5.79. The Balaban J connectivity index is 1.81. The molecule has 2 fully saturated rings. The second-order valence-electron chi connectivity index (χ2n) is 7.02. The van der Waals surface area contributed by atoms with Gasteiger partial charge in [-0.1, -0.05) is 6.42 Å². The number of nitrogens with two attached hydrogens (primary N) is 1. The van der Waals surface area contributed by atoms with Gasteiger partial charge in [0.25, 0.3) is 0 Å². The summed E-state index contributed by atoms with van der Waals surface area (Å²) in [6, 6.07) is 0.0572. The van der Waals surface area contributed by atoms with E-state index in [1.807, 2.05) is 0 Å². The fourth-order valence-corrected chi connectivity index (χ4v) is 3.27. The SMILES string of the molecule is CN1CCN(C(C)(C)CNC(=O)C2CCCC2N)CC1. The Kier molecular flexibility index (Phi) is 5.04. The van der Waals surface area contributed by atoms with E-state index in [2.05, 4.69) is 36.0 Å². The third kappa shape index (κ3) is 3.71. The first kappa shape index (κ1) is 15.7. The molecule has 2 rings (SSSR count). The first-order chi connectivity index (χ1) is 9.40. The molecular formula is C15H30N4O. The van der Waals surface area contributed by atoms with Crippen LogP contribution >= 0.6 is 0 Å². The van der Waals surface area contributed by atoms with E-state index in [-0.39, 0.29) is 23.4 Å². The highest BCUT2D eigenvalue weighted by Gasteiger charge is 2.33. The molecule has 5 nitrogen and oxygen atoms in total. The van der Waals surface area contributed by atoms with Crippen LogP contribution < -0.4 is 11.1 Å². The van der Waals surface area contributed by atoms with Crippen molar-refractivity contribution in [3.8, 4) is 0 Å². The predicted octanol–water partition coefficient (Wildman–Crippen LogP) is 0.256. The van der Waals surface area contributed by atoms with Crippen LogP contribution in [0.1, 0.15) is 33.1 Å². The van der Waals surface area contributed by atoms with Gasteiger partial charge in [0.2, 0.25) is 5.91 Å². The van der Waals surface area contributed by atoms with Gasteiger partial charge >= 0.3 is 0 Å². The van der Waals surface area contributed by atoms with Crippen LogP contribution in [-0.4, -0.2) is 67.1 Å². The van der Waals surface area contributed by atoms with Crippen LogP contribution in [0.3, 0.4) is 0 Å². The number of carbonyl (C=O) groups is 1. The van der Waals surface area contributed by atoms with E-state index in [1.165, 1.54) is 0 Å². The van der Waals surface area contributed by atoms with E-state index in [1.54, 1.807) is 0 Å². The molecule has 5 heteroatoms. The van der Waals surface area contributed by atoms with E-state index in [0.29, 0.717) is 6.54 Å². The lowest BCUT2D eigenvalue weighted by Crippen LogP contribution is -2.58. The summed E-state index contributed by atoms with van der Waals surface area (Å²) >= 11 is 0. The van der Waals surface area contributed by atoms with Crippen molar-refractivity contribution in [2.45, 2.75) is 44.7 Å². The molecule has 1 amide bonds. The summed E-state index contributed by atoms with van der Waals surface area (Å²) in [6.45, 7) is 9.49. The third-order valence-corrected chi connectivity index (χ3v) is 4.96. The highest BCUT2D eigenvalue weighted by Crippen LogP contribution is 2.24. The zero-order valence-corrected chi connectivity index (χ0v) is 13.2. The van der Waals surface area contributed by atoms with Gasteiger partial charge < -0.3 is 16.0 Å². The van der Waals surface area contributed by atoms with Crippen LogP contribution in [0.5, 0.6) is 0 Å². The first-order valence-corrected chi connectivity index (χ1v) is 7.87. The van der Waals surface area contributed by atoms with Gasteiger partial charge in [0.1, 0.15) is 0 Å². The number of piperazine rings is 1. The van der Waals surface area contributed by atoms with Gasteiger partial charge in [-0.05, 0) is 33.7 Å². The molecule has 0 bridgehead atoms. The molecule has 2 atom stereocenters. The molecule has 1 saturated carbocycles. The number of amides is 1. The smallest absolute Gasteiger partial charge is 0.224 e. The molecular weight excluding hydrogens is 252 g/mol. The molecule has 1 saturated heterocycles. The summed E-state index contributed by atoms with van der Waals surface area (Å²) in [4.78, 5) is 17.0. The van der Waals surface area contributed by atoms with E-state index in [0.717, 1.165) is 45.4 Å². The average molecular weight is 282 g/mol. The van der Waals surface area contributed by atoms with Gasteiger partial charge in [-0.3, -0.25) is 9.69 Å². The number of likely N-dealkylation sites (N-methyl/N-ethyl adjacent to an activating group) is 1. The molecule has 116 valence electrons. The third-order valence-electron chi connectivity index (χ3n) is 4.96. The zero-order chi connectivity index (χ0) is 14.8. The zero-order valence-electron chi connectivity index (χ0n) is 13.2. The minimum Gasteiger partial charge on any atom is -0.354 e. The maximum Gasteiger partial charge on any atom is 0.224 e. The van der Waals surface area contributed by atoms with Gasteiger partial charge in [0.15, 0.2) is 0 Å². The fourth-order valence-electron chi connectivity index (χ4n) is 3.27. The van der Waals surface area contributed by atoms with Crippen LogP contribution in [0.25, 0.3) is 0 Å². The molecule has 20 heavy (non-hydrogen) atoms. The molecule has 1 aliphatic carbocycles. The van der Waals surface area contributed by atoms with Gasteiger partial charge in [-0.25, -0.2) is 0 Å². The summed E-state index contributed by atoms with van der Waals surface area (Å²) in [6.07, 6.45) is 3.02. The van der Waals surface area contributed by atoms with E-state index < -0.39 is 0 Å². The molecule has 0 spiro atoms. The first-order valence-electron chi connectivity index (χ1n) is 7.87. The molecule has 0 radical (unpaired) electrons. The Morgan fingerprint density at radius 1 is 1.25 bits per heavy atom. The Labute approximate surface area is 122 Å². The fraction of sp³-hybridized carbons (Fsp3) is 0.933. The lowest BCUT2D eigenvalue weighted by atomic mass is 9.99. The second kappa shape index (κ2) is 6.41. The monoisotopic (exact) mass is 282 g/mol. The Morgan fingerprint density at radius 2 is 1.90 bits per heavy atom. The van der Waals surface area contributed by atoms with Gasteiger partial charge in [-0.15, -0.1) is 0 Å². The maximum absolute atomic E-state index is 12.2. The van der Waals surface area contributed by atoms with Crippen LogP contribution in [0.15, 0.2) is 0 Å². The number of carbonyl (C=O) groups excluding carboxylic acids is 1. The van der Waals surface area contributed by atoms with Crippen molar-refractivity contribution in [1.29, 1.82) is 0 Å². The van der Waals surface area contributed by atoms with Gasteiger partial charge in [0.05, 0.1) is 5.92 Å². The summed E-state index contributed by atoms with van der Waals surface area (Å²) in [7, 11) is 2.16. The number of hydrogen-bond acceptors (Lipinski definition) is 4. The quantitative estimate of drug-likeness (QED) is 0.776. The van der Waals surface area contributed by atoms with Crippen molar-refractivity contribution in [2.24, 2.45) is 11.7 Å². The van der Waals surface area contributed by atoms with Gasteiger partial charge in [0, 0.05) is 44.3 Å². The molecule has 2 aliphatic rings. The molecule has 0 aromatic rings. The number of nitrogens with zero attached hydrogens (tertiary/aromatic N) is 2. The highest BCUT2D eigenvalue weighted by atomic mass is 16.1. The molecule has 0 aromatic carbocycles. The van der Waals surface area contributed by atoms with Crippen molar-refractivity contribution >= 4 is 5.91 Å². The van der Waals surface area contributed by atoms with Crippen molar-refractivity contribution < 1.29 is 4.79 Å². The standard InChI is InChI=1S/C15H30N4O/c1-15(2,19-9-7-18(3)8-10-19)11-17-14(20)12-5-4-6-13(12)16/h12-13H,4-11,16H2,1-3H3,(H,17,20). The molecule has 2 unspecified atom stereocenters. The van der Waals surface area contributed by atoms with Crippen LogP contribution in [-0.2, 0) is 4.79 Å². The minimum atomic E-state index is 0.0135. The van der Waals surface area contributed by atoms with Crippen LogP contribution in [0.2, 0.25) is 0 Å². The number of nitrogens with one attached hydrogen (secondary N) is 1. The topological polar surface area (TPSA) is 61.6 Å². The summed E-state index contributed by atoms with van der Waals surface area (Å²) in [5, 5.41) is 3.13. The van der Waals surface area contributed by atoms with Gasteiger partial charge in [-0.2, -0.15) is 0 Å². The van der Waals surface area contributed by atoms with Crippen LogP contribution in [0, 0.1) is 5.92 Å². The largest absolute Gasteiger partial charge is 0.354 e. The average Bonchev–Trinajstić information content (AvgIpc) is 2.83. The lowest BCUT2D eigenvalue weighted by Gasteiger charge is -2.43. The van der Waals surface area contributed by atoms with E-state index >= 15 is 0 Å².